The summed E-state index contributed by atoms with van der Waals surface area (Å²) in [6.07, 6.45) is 9.13. The van der Waals surface area contributed by atoms with Crippen LogP contribution in [0.3, 0.4) is 0 Å². The van der Waals surface area contributed by atoms with E-state index in [0.717, 1.165) is 82.5 Å². The number of rotatable bonds is 4. The number of pyridine rings is 1. The normalized spacial score (nSPS) is 31.1. The van der Waals surface area contributed by atoms with Gasteiger partial charge in [-0.3, -0.25) is 9.59 Å². The van der Waals surface area contributed by atoms with Gasteiger partial charge in [-0.05, 0) is 51.4 Å². The summed E-state index contributed by atoms with van der Waals surface area (Å²) in [5.74, 6) is 1.82. The molecule has 1 saturated carbocycles. The number of nitrogens with zero attached hydrogens (tertiary/aromatic N) is 4. The lowest BCUT2D eigenvalue weighted by molar-refractivity contribution is -0.139. The Morgan fingerprint density at radius 2 is 1.91 bits per heavy atom. The fraction of sp³-hybridized carbons (Fsp3) is 0.708. The highest BCUT2D eigenvalue weighted by Gasteiger charge is 2.51. The molecule has 8 nitrogen and oxygen atoms in total. The molecule has 4 heterocycles. The van der Waals surface area contributed by atoms with E-state index < -0.39 is 0 Å². The maximum Gasteiger partial charge on any atom is 0.230 e. The van der Waals surface area contributed by atoms with Crippen molar-refractivity contribution in [3.63, 3.8) is 0 Å². The molecule has 0 radical (unpaired) electrons. The van der Waals surface area contributed by atoms with Gasteiger partial charge >= 0.3 is 0 Å². The van der Waals surface area contributed by atoms with Crippen LogP contribution in [0.15, 0.2) is 12.3 Å². The fourth-order valence-electron chi connectivity index (χ4n) is 6.14. The molecule has 0 bridgehead atoms. The number of ether oxygens (including phenoxy) is 1. The summed E-state index contributed by atoms with van der Waals surface area (Å²) in [6.45, 7) is 3.03. The number of amides is 2. The first kappa shape index (κ1) is 21.5. The Morgan fingerprint density at radius 1 is 1.09 bits per heavy atom. The number of carbonyl (C=O) groups excluding carboxylic acids is 2. The average molecular weight is 443 g/mol. The first-order chi connectivity index (χ1) is 15.5. The second-order valence-corrected chi connectivity index (χ2v) is 9.88. The number of piperidine rings is 1. The Morgan fingerprint density at radius 3 is 2.62 bits per heavy atom. The third kappa shape index (κ3) is 3.72. The number of aliphatic hydroxyl groups excluding tert-OH is 1. The molecule has 1 unspecified atom stereocenters. The van der Waals surface area contributed by atoms with Gasteiger partial charge in [-0.15, -0.1) is 0 Å². The van der Waals surface area contributed by atoms with E-state index in [1.807, 2.05) is 6.07 Å². The number of anilines is 2. The predicted molar refractivity (Wildman–Crippen MR) is 121 cm³/mol. The van der Waals surface area contributed by atoms with E-state index in [1.54, 1.807) is 18.2 Å². The number of aromatic nitrogens is 1. The van der Waals surface area contributed by atoms with Gasteiger partial charge in [0.1, 0.15) is 0 Å². The summed E-state index contributed by atoms with van der Waals surface area (Å²) >= 11 is 0. The molecule has 0 aromatic carbocycles. The Hall–Kier alpha value is -2.35. The van der Waals surface area contributed by atoms with Crippen molar-refractivity contribution >= 4 is 23.3 Å². The second-order valence-electron chi connectivity index (χ2n) is 9.88. The Bertz CT molecular complexity index is 885. The third-order valence-corrected chi connectivity index (χ3v) is 7.95. The van der Waals surface area contributed by atoms with Gasteiger partial charge in [-0.1, -0.05) is 0 Å². The number of carbonyl (C=O) groups is 2. The first-order valence-electron chi connectivity index (χ1n) is 12.1. The number of methoxy groups -OCH3 is 1. The highest BCUT2D eigenvalue weighted by Crippen LogP contribution is 2.44. The smallest absolute Gasteiger partial charge is 0.230 e. The van der Waals surface area contributed by atoms with Gasteiger partial charge in [0.15, 0.2) is 11.6 Å². The number of hydrogen-bond donors (Lipinski definition) is 1. The van der Waals surface area contributed by atoms with E-state index >= 15 is 0 Å². The minimum absolute atomic E-state index is 0.130. The number of aliphatic hydroxyl groups is 1. The zero-order valence-electron chi connectivity index (χ0n) is 19.0. The van der Waals surface area contributed by atoms with Gasteiger partial charge in [0.25, 0.3) is 0 Å². The molecule has 8 heteroatoms. The Labute approximate surface area is 189 Å². The van der Waals surface area contributed by atoms with Crippen molar-refractivity contribution in [3.8, 4) is 5.75 Å². The van der Waals surface area contributed by atoms with E-state index in [1.165, 1.54) is 0 Å². The van der Waals surface area contributed by atoms with E-state index in [2.05, 4.69) is 9.80 Å². The maximum absolute atomic E-state index is 13.6. The minimum Gasteiger partial charge on any atom is -0.493 e. The van der Waals surface area contributed by atoms with E-state index in [9.17, 15) is 14.7 Å². The predicted octanol–water partition coefficient (Wildman–Crippen LogP) is 2.34. The molecule has 5 rings (SSSR count). The van der Waals surface area contributed by atoms with Crippen LogP contribution in [0, 0.1) is 5.41 Å². The van der Waals surface area contributed by atoms with Gasteiger partial charge in [0.2, 0.25) is 11.8 Å². The molecule has 2 amide bonds. The summed E-state index contributed by atoms with van der Waals surface area (Å²) in [5.41, 5.74) is 0.423. The SMILES string of the molecule is COc1cc(N2CCCC2=O)cnc1N1CCCC2(CCN([C@H]3CC[C@@H](O)CC3)C2=O)C1. The molecule has 1 N–H and O–H groups in total. The summed E-state index contributed by atoms with van der Waals surface area (Å²) in [7, 11) is 1.63. The molecule has 174 valence electrons. The highest BCUT2D eigenvalue weighted by atomic mass is 16.5. The Balaban J connectivity index is 1.34. The lowest BCUT2D eigenvalue weighted by Gasteiger charge is -2.41. The first-order valence-corrected chi connectivity index (χ1v) is 12.1. The fourth-order valence-corrected chi connectivity index (χ4v) is 6.14. The van der Waals surface area contributed by atoms with Crippen molar-refractivity contribution in [2.45, 2.75) is 69.9 Å². The Kier molecular flexibility index (Phi) is 5.73. The number of likely N-dealkylation sites (tertiary alicyclic amines) is 1. The average Bonchev–Trinajstić information content (AvgIpc) is 3.37. The van der Waals surface area contributed by atoms with Crippen LogP contribution in [0.5, 0.6) is 5.75 Å². The van der Waals surface area contributed by atoms with Crippen LogP contribution in [0.1, 0.15) is 57.8 Å². The van der Waals surface area contributed by atoms with Crippen molar-refractivity contribution < 1.29 is 19.4 Å². The summed E-state index contributed by atoms with van der Waals surface area (Å²) in [5, 5.41) is 9.84. The van der Waals surface area contributed by atoms with Crippen LogP contribution >= 0.6 is 0 Å². The van der Waals surface area contributed by atoms with E-state index in [0.29, 0.717) is 18.7 Å². The summed E-state index contributed by atoms with van der Waals surface area (Å²) in [4.78, 5) is 36.5. The minimum atomic E-state index is -0.357. The summed E-state index contributed by atoms with van der Waals surface area (Å²) < 4.78 is 5.68. The molecule has 4 aliphatic rings. The quantitative estimate of drug-likeness (QED) is 0.770. The van der Waals surface area contributed by atoms with Gasteiger partial charge in [-0.2, -0.15) is 0 Å². The van der Waals surface area contributed by atoms with Crippen molar-refractivity contribution in [2.24, 2.45) is 5.41 Å². The molecule has 1 spiro atoms. The third-order valence-electron chi connectivity index (χ3n) is 7.95. The molecular weight excluding hydrogens is 408 g/mol. The van der Waals surface area contributed by atoms with E-state index in [-0.39, 0.29) is 29.4 Å². The van der Waals surface area contributed by atoms with Crippen LogP contribution < -0.4 is 14.5 Å². The molecular formula is C24H34N4O4. The van der Waals surface area contributed by atoms with Crippen molar-refractivity contribution in [1.29, 1.82) is 0 Å². The molecule has 1 aromatic heterocycles. The van der Waals surface area contributed by atoms with Crippen LogP contribution in [-0.2, 0) is 9.59 Å². The van der Waals surface area contributed by atoms with Crippen LogP contribution in [-0.4, -0.2) is 72.2 Å². The zero-order valence-corrected chi connectivity index (χ0v) is 19.0. The number of hydrogen-bond acceptors (Lipinski definition) is 6. The van der Waals surface area contributed by atoms with Crippen LogP contribution in [0.2, 0.25) is 0 Å². The van der Waals surface area contributed by atoms with Gasteiger partial charge in [0, 0.05) is 44.7 Å². The topological polar surface area (TPSA) is 86.2 Å². The van der Waals surface area contributed by atoms with E-state index in [4.69, 9.17) is 9.72 Å². The van der Waals surface area contributed by atoms with Gasteiger partial charge in [-0.25, -0.2) is 4.98 Å². The lowest BCUT2D eigenvalue weighted by Crippen LogP contribution is -2.50. The molecule has 1 aromatic rings. The molecule has 1 aliphatic carbocycles. The van der Waals surface area contributed by atoms with Gasteiger partial charge < -0.3 is 24.5 Å². The van der Waals surface area contributed by atoms with Crippen molar-refractivity contribution in [1.82, 2.24) is 9.88 Å². The molecule has 4 fully saturated rings. The van der Waals surface area contributed by atoms with Crippen molar-refractivity contribution in [2.75, 3.05) is 43.1 Å². The van der Waals surface area contributed by atoms with Crippen LogP contribution in [0.4, 0.5) is 11.5 Å². The second kappa shape index (κ2) is 8.54. The molecule has 32 heavy (non-hydrogen) atoms. The standard InChI is InChI=1S/C24H34N4O4/c1-32-20-14-18(27-12-2-4-21(27)30)15-25-22(20)26-11-3-9-24(16-26)10-13-28(23(24)31)17-5-7-19(29)8-6-17/h14-15,17,19,29H,2-13,16H2,1H3/t17-,19+,24?. The molecule has 1 atom stereocenters. The maximum atomic E-state index is 13.6. The largest absolute Gasteiger partial charge is 0.493 e. The molecule has 3 saturated heterocycles. The lowest BCUT2D eigenvalue weighted by atomic mass is 9.78. The highest BCUT2D eigenvalue weighted by molar-refractivity contribution is 5.95. The summed E-state index contributed by atoms with van der Waals surface area (Å²) in [6, 6.07) is 2.17. The molecule has 3 aliphatic heterocycles. The van der Waals surface area contributed by atoms with Crippen LogP contribution in [0.25, 0.3) is 0 Å². The zero-order chi connectivity index (χ0) is 22.3. The monoisotopic (exact) mass is 442 g/mol. The van der Waals surface area contributed by atoms with Gasteiger partial charge in [0.05, 0.1) is 30.5 Å². The van der Waals surface area contributed by atoms with Crippen molar-refractivity contribution in [3.05, 3.63) is 12.3 Å².